The largest absolute Gasteiger partial charge is 0.491 e. The van der Waals surface area contributed by atoms with Crippen LogP contribution in [0.2, 0.25) is 0 Å². The smallest absolute Gasteiger partial charge is 0.124 e. The molecule has 0 aliphatic carbocycles. The number of ether oxygens (including phenoxy) is 2. The first-order valence-electron chi connectivity index (χ1n) is 7.44. The Morgan fingerprint density at radius 1 is 1.38 bits per heavy atom. The number of hydrogen-bond donors (Lipinski definition) is 1. The van der Waals surface area contributed by atoms with Crippen LogP contribution in [0.25, 0.3) is 0 Å². The van der Waals surface area contributed by atoms with E-state index in [9.17, 15) is 0 Å². The quantitative estimate of drug-likeness (QED) is 0.512. The summed E-state index contributed by atoms with van der Waals surface area (Å²) in [5, 5.41) is 3.78. The van der Waals surface area contributed by atoms with E-state index in [0.717, 1.165) is 49.9 Å². The maximum atomic E-state index is 5.93. The summed E-state index contributed by atoms with van der Waals surface area (Å²) < 4.78 is 11.3. The van der Waals surface area contributed by atoms with Gasteiger partial charge < -0.3 is 15.3 Å². The minimum atomic E-state index is 0.156. The number of hydrogen-bond acceptors (Lipinski definition) is 5. The van der Waals surface area contributed by atoms with E-state index in [-0.39, 0.29) is 6.10 Å². The van der Waals surface area contributed by atoms with Gasteiger partial charge in [0, 0.05) is 25.2 Å². The predicted molar refractivity (Wildman–Crippen MR) is 84.7 cm³/mol. The van der Waals surface area contributed by atoms with Gasteiger partial charge in [-0.15, -0.1) is 0 Å². The van der Waals surface area contributed by atoms with Crippen LogP contribution in [0.4, 0.5) is 0 Å². The van der Waals surface area contributed by atoms with Crippen LogP contribution < -0.4 is 10.6 Å². The first-order chi connectivity index (χ1) is 10.1. The standard InChI is InChI=1S/C16H25N3O2/c1-12(2)21-16-5-4-14(13(3)18-17)10-15(16)11-19-6-8-20-9-7-19/h4-5,10,12H,6-9,11,17H2,1-3H3. The number of benzene rings is 1. The van der Waals surface area contributed by atoms with Crippen LogP contribution in [0.1, 0.15) is 31.9 Å². The average Bonchev–Trinajstić information content (AvgIpc) is 2.49. The molecular weight excluding hydrogens is 266 g/mol. The molecule has 1 aliphatic rings. The van der Waals surface area contributed by atoms with Crippen molar-refractivity contribution in [2.75, 3.05) is 26.3 Å². The number of nitrogens with zero attached hydrogens (tertiary/aromatic N) is 2. The van der Waals surface area contributed by atoms with E-state index < -0.39 is 0 Å². The molecule has 1 heterocycles. The molecule has 0 unspecified atom stereocenters. The first-order valence-corrected chi connectivity index (χ1v) is 7.44. The van der Waals surface area contributed by atoms with E-state index >= 15 is 0 Å². The molecule has 1 saturated heterocycles. The van der Waals surface area contributed by atoms with Gasteiger partial charge >= 0.3 is 0 Å². The summed E-state index contributed by atoms with van der Waals surface area (Å²) in [6.45, 7) is 10.4. The highest BCUT2D eigenvalue weighted by Crippen LogP contribution is 2.24. The second-order valence-electron chi connectivity index (χ2n) is 5.59. The lowest BCUT2D eigenvalue weighted by molar-refractivity contribution is 0.0336. The van der Waals surface area contributed by atoms with Crippen LogP contribution in [0.5, 0.6) is 5.75 Å². The van der Waals surface area contributed by atoms with Crippen molar-refractivity contribution in [2.24, 2.45) is 10.9 Å². The van der Waals surface area contributed by atoms with Crippen molar-refractivity contribution in [2.45, 2.75) is 33.4 Å². The molecular formula is C16H25N3O2. The second kappa shape index (κ2) is 7.43. The van der Waals surface area contributed by atoms with Crippen LogP contribution in [0.3, 0.4) is 0 Å². The Balaban J connectivity index is 2.23. The van der Waals surface area contributed by atoms with Crippen LogP contribution in [0, 0.1) is 0 Å². The molecule has 0 bridgehead atoms. The van der Waals surface area contributed by atoms with E-state index in [2.05, 4.69) is 16.1 Å². The molecule has 21 heavy (non-hydrogen) atoms. The summed E-state index contributed by atoms with van der Waals surface area (Å²) in [4.78, 5) is 2.38. The molecule has 2 N–H and O–H groups in total. The monoisotopic (exact) mass is 291 g/mol. The lowest BCUT2D eigenvalue weighted by atomic mass is 10.1. The van der Waals surface area contributed by atoms with Crippen molar-refractivity contribution in [3.8, 4) is 5.75 Å². The highest BCUT2D eigenvalue weighted by molar-refractivity contribution is 5.98. The Morgan fingerprint density at radius 3 is 2.71 bits per heavy atom. The molecule has 0 saturated carbocycles. The van der Waals surface area contributed by atoms with Gasteiger partial charge in [-0.1, -0.05) is 0 Å². The van der Waals surface area contributed by atoms with E-state index in [1.54, 1.807) is 0 Å². The predicted octanol–water partition coefficient (Wildman–Crippen LogP) is 1.99. The topological polar surface area (TPSA) is 60.1 Å². The number of nitrogens with two attached hydrogens (primary N) is 1. The highest BCUT2D eigenvalue weighted by atomic mass is 16.5. The van der Waals surface area contributed by atoms with E-state index in [1.165, 1.54) is 5.56 Å². The molecule has 0 radical (unpaired) electrons. The molecule has 116 valence electrons. The zero-order valence-corrected chi connectivity index (χ0v) is 13.1. The SMILES string of the molecule is CC(=NN)c1ccc(OC(C)C)c(CN2CCOCC2)c1. The third-order valence-corrected chi connectivity index (χ3v) is 3.53. The highest BCUT2D eigenvalue weighted by Gasteiger charge is 2.15. The maximum Gasteiger partial charge on any atom is 0.124 e. The molecule has 0 spiro atoms. The number of rotatable bonds is 5. The Bertz CT molecular complexity index is 494. The molecule has 1 fully saturated rings. The molecule has 1 aromatic carbocycles. The summed E-state index contributed by atoms with van der Waals surface area (Å²) in [6, 6.07) is 6.14. The number of hydrazone groups is 1. The van der Waals surface area contributed by atoms with Crippen molar-refractivity contribution < 1.29 is 9.47 Å². The van der Waals surface area contributed by atoms with Gasteiger partial charge in [0.25, 0.3) is 0 Å². The summed E-state index contributed by atoms with van der Waals surface area (Å²) in [7, 11) is 0. The third-order valence-electron chi connectivity index (χ3n) is 3.53. The molecule has 1 aromatic rings. The summed E-state index contributed by atoms with van der Waals surface area (Å²) >= 11 is 0. The second-order valence-corrected chi connectivity index (χ2v) is 5.59. The minimum Gasteiger partial charge on any atom is -0.491 e. The minimum absolute atomic E-state index is 0.156. The van der Waals surface area contributed by atoms with E-state index in [1.807, 2.05) is 32.9 Å². The lowest BCUT2D eigenvalue weighted by Crippen LogP contribution is -2.35. The Labute approximate surface area is 126 Å². The fourth-order valence-electron chi connectivity index (χ4n) is 2.37. The summed E-state index contributed by atoms with van der Waals surface area (Å²) in [6.07, 6.45) is 0.156. The lowest BCUT2D eigenvalue weighted by Gasteiger charge is -2.27. The zero-order valence-electron chi connectivity index (χ0n) is 13.1. The van der Waals surface area contributed by atoms with E-state index in [4.69, 9.17) is 15.3 Å². The Hall–Kier alpha value is -1.59. The van der Waals surface area contributed by atoms with E-state index in [0.29, 0.717) is 0 Å². The van der Waals surface area contributed by atoms with Gasteiger partial charge in [0.05, 0.1) is 25.0 Å². The normalized spacial score (nSPS) is 17.2. The molecule has 5 nitrogen and oxygen atoms in total. The summed E-state index contributed by atoms with van der Waals surface area (Å²) in [5.41, 5.74) is 3.04. The van der Waals surface area contributed by atoms with Gasteiger partial charge in [-0.05, 0) is 44.5 Å². The Kier molecular flexibility index (Phi) is 5.59. The molecule has 0 amide bonds. The summed E-state index contributed by atoms with van der Waals surface area (Å²) in [5.74, 6) is 6.32. The first kappa shape index (κ1) is 15.8. The van der Waals surface area contributed by atoms with Crippen molar-refractivity contribution in [3.05, 3.63) is 29.3 Å². The van der Waals surface area contributed by atoms with Crippen LogP contribution in [0.15, 0.2) is 23.3 Å². The van der Waals surface area contributed by atoms with Gasteiger partial charge in [-0.2, -0.15) is 5.10 Å². The zero-order chi connectivity index (χ0) is 15.2. The molecule has 1 aliphatic heterocycles. The van der Waals surface area contributed by atoms with Crippen molar-refractivity contribution in [1.82, 2.24) is 4.90 Å². The van der Waals surface area contributed by atoms with Crippen LogP contribution in [-0.4, -0.2) is 43.0 Å². The molecule has 0 atom stereocenters. The molecule has 5 heteroatoms. The van der Waals surface area contributed by atoms with Crippen molar-refractivity contribution in [3.63, 3.8) is 0 Å². The molecule has 0 aromatic heterocycles. The molecule has 2 rings (SSSR count). The average molecular weight is 291 g/mol. The van der Waals surface area contributed by atoms with Gasteiger partial charge in [0.2, 0.25) is 0 Å². The fraction of sp³-hybridized carbons (Fsp3) is 0.562. The van der Waals surface area contributed by atoms with Crippen molar-refractivity contribution >= 4 is 5.71 Å². The Morgan fingerprint density at radius 2 is 2.10 bits per heavy atom. The van der Waals surface area contributed by atoms with Gasteiger partial charge in [-0.3, -0.25) is 4.90 Å². The number of morpholine rings is 1. The van der Waals surface area contributed by atoms with Gasteiger partial charge in [-0.25, -0.2) is 0 Å². The maximum absolute atomic E-state index is 5.93. The van der Waals surface area contributed by atoms with Crippen LogP contribution in [-0.2, 0) is 11.3 Å². The van der Waals surface area contributed by atoms with Crippen LogP contribution >= 0.6 is 0 Å². The van der Waals surface area contributed by atoms with Crippen molar-refractivity contribution in [1.29, 1.82) is 0 Å². The fourth-order valence-corrected chi connectivity index (χ4v) is 2.37. The van der Waals surface area contributed by atoms with Gasteiger partial charge in [0.1, 0.15) is 5.75 Å². The third kappa shape index (κ3) is 4.44. The van der Waals surface area contributed by atoms with Gasteiger partial charge in [0.15, 0.2) is 0 Å².